The molecule has 1 rings (SSSR count). The zero-order chi connectivity index (χ0) is 7.45. The van der Waals surface area contributed by atoms with Gasteiger partial charge in [-0.05, 0) is 25.7 Å². The van der Waals surface area contributed by atoms with Gasteiger partial charge in [0.15, 0.2) is 0 Å². The van der Waals surface area contributed by atoms with E-state index >= 15 is 0 Å². The monoisotopic (exact) mass is 140 g/mol. The average molecular weight is 140 g/mol. The third-order valence-electron chi connectivity index (χ3n) is 2.36. The predicted octanol–water partition coefficient (Wildman–Crippen LogP) is 1.37. The van der Waals surface area contributed by atoms with Gasteiger partial charge >= 0.3 is 6.41 Å². The van der Waals surface area contributed by atoms with Gasteiger partial charge in [-0.2, -0.15) is 0 Å². The van der Waals surface area contributed by atoms with Crippen LogP contribution in [-0.4, -0.2) is 11.9 Å². The molecular weight excluding hydrogens is 126 g/mol. The summed E-state index contributed by atoms with van der Waals surface area (Å²) in [6.07, 6.45) is 7.61. The lowest BCUT2D eigenvalue weighted by Gasteiger charge is -2.41. The number of nitrogens with one attached hydrogen (secondary N) is 1. The number of rotatable bonds is 4. The zero-order valence-electron chi connectivity index (χ0n) is 6.44. The first-order valence-electron chi connectivity index (χ1n) is 3.97. The van der Waals surface area contributed by atoms with Crippen molar-refractivity contribution in [3.05, 3.63) is 0 Å². The van der Waals surface area contributed by atoms with E-state index in [-0.39, 0.29) is 5.54 Å². The molecule has 1 aliphatic rings. The Kier molecular flexibility index (Phi) is 2.30. The van der Waals surface area contributed by atoms with Crippen LogP contribution < -0.4 is 5.32 Å². The van der Waals surface area contributed by atoms with E-state index < -0.39 is 0 Å². The highest BCUT2D eigenvalue weighted by Gasteiger charge is 2.35. The summed E-state index contributed by atoms with van der Waals surface area (Å²) in [4.78, 5) is 10.1. The molecule has 1 N–H and O–H groups in total. The summed E-state index contributed by atoms with van der Waals surface area (Å²) < 4.78 is 0. The Morgan fingerprint density at radius 3 is 2.60 bits per heavy atom. The lowest BCUT2D eigenvalue weighted by molar-refractivity contribution is 0.197. The van der Waals surface area contributed by atoms with Gasteiger partial charge in [0.05, 0.1) is 0 Å². The maximum absolute atomic E-state index is 10.1. The Hall–Kier alpha value is -0.530. The molecular formula is C8H14NO. The van der Waals surface area contributed by atoms with Gasteiger partial charge in [-0.3, -0.25) is 4.79 Å². The van der Waals surface area contributed by atoms with Crippen molar-refractivity contribution in [2.75, 3.05) is 0 Å². The van der Waals surface area contributed by atoms with Crippen LogP contribution in [0.2, 0.25) is 0 Å². The molecule has 0 unspecified atom stereocenters. The van der Waals surface area contributed by atoms with Crippen LogP contribution in [0.5, 0.6) is 0 Å². The molecule has 0 atom stereocenters. The summed E-state index contributed by atoms with van der Waals surface area (Å²) in [6, 6.07) is 0. The lowest BCUT2D eigenvalue weighted by Crippen LogP contribution is -2.50. The number of amides is 1. The normalized spacial score (nSPS) is 21.3. The molecule has 1 fully saturated rings. The van der Waals surface area contributed by atoms with E-state index in [1.54, 1.807) is 6.41 Å². The van der Waals surface area contributed by atoms with Gasteiger partial charge < -0.3 is 5.32 Å². The number of hydrogen-bond donors (Lipinski definition) is 1. The molecule has 1 saturated carbocycles. The highest BCUT2D eigenvalue weighted by atomic mass is 16.1. The van der Waals surface area contributed by atoms with Crippen LogP contribution in [0.1, 0.15) is 39.0 Å². The molecule has 1 radical (unpaired) electrons. The molecule has 1 aliphatic carbocycles. The van der Waals surface area contributed by atoms with E-state index in [0.29, 0.717) is 0 Å². The minimum atomic E-state index is 0.149. The van der Waals surface area contributed by atoms with E-state index in [4.69, 9.17) is 0 Å². The van der Waals surface area contributed by atoms with E-state index in [9.17, 15) is 4.79 Å². The second kappa shape index (κ2) is 3.04. The molecule has 0 spiro atoms. The molecule has 0 bridgehead atoms. The molecule has 10 heavy (non-hydrogen) atoms. The first-order chi connectivity index (χ1) is 4.83. The molecule has 0 aliphatic heterocycles. The van der Waals surface area contributed by atoms with E-state index in [0.717, 1.165) is 25.7 Å². The minimum absolute atomic E-state index is 0.149. The van der Waals surface area contributed by atoms with Crippen molar-refractivity contribution in [1.82, 2.24) is 5.32 Å². The summed E-state index contributed by atoms with van der Waals surface area (Å²) in [6.45, 7) is 2.15. The van der Waals surface area contributed by atoms with E-state index in [2.05, 4.69) is 12.2 Å². The Morgan fingerprint density at radius 1 is 1.60 bits per heavy atom. The summed E-state index contributed by atoms with van der Waals surface area (Å²) >= 11 is 0. The van der Waals surface area contributed by atoms with Crippen molar-refractivity contribution in [2.45, 2.75) is 44.6 Å². The van der Waals surface area contributed by atoms with Crippen LogP contribution in [0, 0.1) is 0 Å². The second-order valence-corrected chi connectivity index (χ2v) is 3.11. The van der Waals surface area contributed by atoms with Crippen molar-refractivity contribution in [3.63, 3.8) is 0 Å². The standard InChI is InChI=1S/C8H14NO/c1-2-4-8(9-7-10)5-3-6-8/h2-6H2,1H3,(H,9,10). The SMILES string of the molecule is CCCC1(N[C]=O)CCC1. The van der Waals surface area contributed by atoms with Crippen molar-refractivity contribution in [1.29, 1.82) is 0 Å². The first-order valence-corrected chi connectivity index (χ1v) is 3.97. The highest BCUT2D eigenvalue weighted by molar-refractivity contribution is 5.49. The van der Waals surface area contributed by atoms with Crippen LogP contribution in [0.3, 0.4) is 0 Å². The topological polar surface area (TPSA) is 29.1 Å². The highest BCUT2D eigenvalue weighted by Crippen LogP contribution is 2.35. The Labute approximate surface area is 62.0 Å². The summed E-state index contributed by atoms with van der Waals surface area (Å²) in [5.41, 5.74) is 0.149. The summed E-state index contributed by atoms with van der Waals surface area (Å²) in [7, 11) is 0. The van der Waals surface area contributed by atoms with Gasteiger partial charge in [-0.15, -0.1) is 0 Å². The molecule has 0 aromatic carbocycles. The summed E-state index contributed by atoms with van der Waals surface area (Å²) in [5, 5.41) is 2.79. The predicted molar refractivity (Wildman–Crippen MR) is 40.3 cm³/mol. The Bertz CT molecular complexity index is 118. The van der Waals surface area contributed by atoms with Gasteiger partial charge in [0.2, 0.25) is 0 Å². The minimum Gasteiger partial charge on any atom is -0.342 e. The van der Waals surface area contributed by atoms with Crippen molar-refractivity contribution in [3.8, 4) is 0 Å². The fourth-order valence-corrected chi connectivity index (χ4v) is 1.63. The van der Waals surface area contributed by atoms with Crippen molar-refractivity contribution < 1.29 is 4.79 Å². The number of hydrogen-bond acceptors (Lipinski definition) is 1. The van der Waals surface area contributed by atoms with Gasteiger partial charge in [0, 0.05) is 5.54 Å². The Morgan fingerprint density at radius 2 is 2.30 bits per heavy atom. The first kappa shape index (κ1) is 7.58. The molecule has 2 nitrogen and oxygen atoms in total. The molecule has 0 aromatic rings. The van der Waals surface area contributed by atoms with Crippen LogP contribution in [0.15, 0.2) is 0 Å². The molecule has 0 saturated heterocycles. The lowest BCUT2D eigenvalue weighted by atomic mass is 9.74. The van der Waals surface area contributed by atoms with Crippen molar-refractivity contribution in [2.24, 2.45) is 0 Å². The maximum atomic E-state index is 10.1. The third kappa shape index (κ3) is 1.31. The number of carbonyl (C=O) groups excluding carboxylic acids is 1. The molecule has 2 heteroatoms. The second-order valence-electron chi connectivity index (χ2n) is 3.11. The van der Waals surface area contributed by atoms with Gasteiger partial charge in [-0.25, -0.2) is 0 Å². The van der Waals surface area contributed by atoms with Crippen molar-refractivity contribution >= 4 is 6.41 Å². The largest absolute Gasteiger partial charge is 0.342 e. The average Bonchev–Trinajstić information content (AvgIpc) is 1.84. The third-order valence-corrected chi connectivity index (χ3v) is 2.36. The Balaban J connectivity index is 2.34. The smallest absolute Gasteiger partial charge is 0.309 e. The quantitative estimate of drug-likeness (QED) is 0.587. The zero-order valence-corrected chi connectivity index (χ0v) is 6.44. The van der Waals surface area contributed by atoms with Crippen LogP contribution in [0.4, 0.5) is 0 Å². The van der Waals surface area contributed by atoms with Gasteiger partial charge in [0.1, 0.15) is 0 Å². The summed E-state index contributed by atoms with van der Waals surface area (Å²) in [5.74, 6) is 0. The van der Waals surface area contributed by atoms with E-state index in [1.807, 2.05) is 0 Å². The maximum Gasteiger partial charge on any atom is 0.309 e. The van der Waals surface area contributed by atoms with Crippen LogP contribution >= 0.6 is 0 Å². The fraction of sp³-hybridized carbons (Fsp3) is 0.875. The van der Waals surface area contributed by atoms with Gasteiger partial charge in [0.25, 0.3) is 0 Å². The van der Waals surface area contributed by atoms with Gasteiger partial charge in [-0.1, -0.05) is 13.3 Å². The molecule has 0 aromatic heterocycles. The molecule has 1 amide bonds. The molecule has 0 heterocycles. The van der Waals surface area contributed by atoms with Crippen LogP contribution in [-0.2, 0) is 4.79 Å². The van der Waals surface area contributed by atoms with Crippen LogP contribution in [0.25, 0.3) is 0 Å². The fourth-order valence-electron chi connectivity index (χ4n) is 1.63. The molecule has 57 valence electrons. The van der Waals surface area contributed by atoms with E-state index in [1.165, 1.54) is 6.42 Å².